The minimum absolute atomic E-state index is 0.154. The minimum atomic E-state index is -2.62. The predicted octanol–water partition coefficient (Wildman–Crippen LogP) is 1.90. The van der Waals surface area contributed by atoms with E-state index in [1.807, 2.05) is 0 Å². The van der Waals surface area contributed by atoms with Crippen molar-refractivity contribution in [3.05, 3.63) is 17.5 Å². The van der Waals surface area contributed by atoms with Gasteiger partial charge in [0.15, 0.2) is 0 Å². The van der Waals surface area contributed by atoms with Crippen LogP contribution >= 0.6 is 0 Å². The van der Waals surface area contributed by atoms with Crippen LogP contribution in [-0.2, 0) is 4.79 Å². The molecule has 1 atom stereocenters. The van der Waals surface area contributed by atoms with Crippen molar-refractivity contribution in [1.82, 2.24) is 20.0 Å². The van der Waals surface area contributed by atoms with Crippen LogP contribution in [0.3, 0.4) is 0 Å². The zero-order chi connectivity index (χ0) is 15.6. The molecule has 1 N–H and O–H groups in total. The van der Waals surface area contributed by atoms with Crippen molar-refractivity contribution in [1.29, 1.82) is 0 Å². The fourth-order valence-corrected chi connectivity index (χ4v) is 2.60. The second-order valence-electron chi connectivity index (χ2n) is 5.72. The maximum absolute atomic E-state index is 12.7. The first kappa shape index (κ1) is 15.9. The van der Waals surface area contributed by atoms with Gasteiger partial charge in [0.2, 0.25) is 5.91 Å². The van der Waals surface area contributed by atoms with Gasteiger partial charge in [-0.05, 0) is 52.9 Å². The SMILES string of the molecule is Cc1cc(C(F)F)nn1C(C)C(=O)NC1CCN(C)CC1. The summed E-state index contributed by atoms with van der Waals surface area (Å²) < 4.78 is 26.7. The molecule has 7 heteroatoms. The molecule has 1 aliphatic heterocycles. The van der Waals surface area contributed by atoms with Crippen LogP contribution in [0, 0.1) is 6.92 Å². The number of aromatic nitrogens is 2. The van der Waals surface area contributed by atoms with E-state index in [0.29, 0.717) is 5.69 Å². The van der Waals surface area contributed by atoms with Crippen LogP contribution < -0.4 is 5.32 Å². The highest BCUT2D eigenvalue weighted by atomic mass is 19.3. The summed E-state index contributed by atoms with van der Waals surface area (Å²) in [6.45, 7) is 5.27. The molecule has 21 heavy (non-hydrogen) atoms. The first-order chi connectivity index (χ1) is 9.88. The second kappa shape index (κ2) is 6.51. The van der Waals surface area contributed by atoms with Crippen molar-refractivity contribution < 1.29 is 13.6 Å². The quantitative estimate of drug-likeness (QED) is 0.924. The molecule has 1 aromatic heterocycles. The summed E-state index contributed by atoms with van der Waals surface area (Å²) in [6.07, 6.45) is -0.793. The van der Waals surface area contributed by atoms with Gasteiger partial charge in [-0.2, -0.15) is 5.10 Å². The predicted molar refractivity (Wildman–Crippen MR) is 75.3 cm³/mol. The Balaban J connectivity index is 1.99. The Morgan fingerprint density at radius 2 is 2.05 bits per heavy atom. The maximum Gasteiger partial charge on any atom is 0.282 e. The van der Waals surface area contributed by atoms with Crippen molar-refractivity contribution >= 4 is 5.91 Å². The fourth-order valence-electron chi connectivity index (χ4n) is 2.60. The Morgan fingerprint density at radius 1 is 1.43 bits per heavy atom. The molecule has 0 saturated carbocycles. The first-order valence-electron chi connectivity index (χ1n) is 7.21. The number of hydrogen-bond donors (Lipinski definition) is 1. The van der Waals surface area contributed by atoms with Gasteiger partial charge in [-0.1, -0.05) is 0 Å². The summed E-state index contributed by atoms with van der Waals surface area (Å²) in [4.78, 5) is 14.5. The summed E-state index contributed by atoms with van der Waals surface area (Å²) in [5.41, 5.74) is 0.280. The number of alkyl halides is 2. The third kappa shape index (κ3) is 3.78. The molecule has 118 valence electrons. The average molecular weight is 300 g/mol. The summed E-state index contributed by atoms with van der Waals surface area (Å²) in [5, 5.41) is 6.82. The highest BCUT2D eigenvalue weighted by Crippen LogP contribution is 2.20. The van der Waals surface area contributed by atoms with E-state index < -0.39 is 12.5 Å². The Morgan fingerprint density at radius 3 is 2.57 bits per heavy atom. The van der Waals surface area contributed by atoms with Crippen molar-refractivity contribution in [3.63, 3.8) is 0 Å². The third-order valence-corrected chi connectivity index (χ3v) is 3.98. The van der Waals surface area contributed by atoms with Crippen LogP contribution in [0.15, 0.2) is 6.07 Å². The van der Waals surface area contributed by atoms with Crippen LogP contribution in [-0.4, -0.2) is 46.8 Å². The van der Waals surface area contributed by atoms with Gasteiger partial charge in [0.05, 0.1) is 0 Å². The largest absolute Gasteiger partial charge is 0.351 e. The van der Waals surface area contributed by atoms with E-state index >= 15 is 0 Å². The Labute approximate surface area is 123 Å². The number of carbonyl (C=O) groups is 1. The zero-order valence-corrected chi connectivity index (χ0v) is 12.6. The summed E-state index contributed by atoms with van der Waals surface area (Å²) in [6, 6.07) is 0.892. The molecule has 1 aromatic rings. The third-order valence-electron chi connectivity index (χ3n) is 3.98. The molecule has 2 rings (SSSR count). The molecule has 0 bridgehead atoms. The van der Waals surface area contributed by atoms with E-state index in [1.165, 1.54) is 10.7 Å². The lowest BCUT2D eigenvalue weighted by Crippen LogP contribution is -2.45. The van der Waals surface area contributed by atoms with E-state index in [0.717, 1.165) is 25.9 Å². The molecule has 1 unspecified atom stereocenters. The molecule has 2 heterocycles. The molecular formula is C14H22F2N4O. The van der Waals surface area contributed by atoms with Crippen molar-refractivity contribution in [2.75, 3.05) is 20.1 Å². The van der Waals surface area contributed by atoms with Crippen molar-refractivity contribution in [2.45, 2.75) is 45.2 Å². The van der Waals surface area contributed by atoms with Gasteiger partial charge >= 0.3 is 0 Å². The minimum Gasteiger partial charge on any atom is -0.351 e. The van der Waals surface area contributed by atoms with E-state index in [1.54, 1.807) is 13.8 Å². The summed E-state index contributed by atoms with van der Waals surface area (Å²) in [7, 11) is 2.06. The van der Waals surface area contributed by atoms with Crippen molar-refractivity contribution in [2.24, 2.45) is 0 Å². The van der Waals surface area contributed by atoms with Crippen LogP contribution in [0.1, 0.15) is 43.6 Å². The molecule has 0 aliphatic carbocycles. The number of halogens is 2. The van der Waals surface area contributed by atoms with Gasteiger partial charge in [0, 0.05) is 11.7 Å². The topological polar surface area (TPSA) is 50.2 Å². The van der Waals surface area contributed by atoms with Gasteiger partial charge in [-0.3, -0.25) is 9.48 Å². The molecule has 1 amide bonds. The Bertz CT molecular complexity index is 495. The van der Waals surface area contributed by atoms with Crippen LogP contribution in [0.4, 0.5) is 8.78 Å². The van der Waals surface area contributed by atoms with E-state index in [2.05, 4.69) is 22.4 Å². The molecule has 1 aliphatic rings. The molecule has 0 spiro atoms. The summed E-state index contributed by atoms with van der Waals surface area (Å²) in [5.74, 6) is -0.170. The monoisotopic (exact) mass is 300 g/mol. The number of nitrogens with zero attached hydrogens (tertiary/aromatic N) is 3. The van der Waals surface area contributed by atoms with Gasteiger partial charge < -0.3 is 10.2 Å². The standard InChI is InChI=1S/C14H22F2N4O/c1-9-8-12(13(15)16)18-20(9)10(2)14(21)17-11-4-6-19(3)7-5-11/h8,10-11,13H,4-7H2,1-3H3,(H,17,21). The smallest absolute Gasteiger partial charge is 0.282 e. The van der Waals surface area contributed by atoms with Crippen LogP contribution in [0.5, 0.6) is 0 Å². The molecule has 1 saturated heterocycles. The van der Waals surface area contributed by atoms with Gasteiger partial charge in [-0.15, -0.1) is 0 Å². The fraction of sp³-hybridized carbons (Fsp3) is 0.714. The number of hydrogen-bond acceptors (Lipinski definition) is 3. The highest BCUT2D eigenvalue weighted by Gasteiger charge is 2.24. The maximum atomic E-state index is 12.7. The zero-order valence-electron chi connectivity index (χ0n) is 12.6. The van der Waals surface area contributed by atoms with Crippen LogP contribution in [0.25, 0.3) is 0 Å². The van der Waals surface area contributed by atoms with E-state index in [9.17, 15) is 13.6 Å². The number of aryl methyl sites for hydroxylation is 1. The number of rotatable bonds is 4. The van der Waals surface area contributed by atoms with Crippen LogP contribution in [0.2, 0.25) is 0 Å². The van der Waals surface area contributed by atoms with Gasteiger partial charge in [-0.25, -0.2) is 8.78 Å². The number of carbonyl (C=O) groups excluding carboxylic acids is 1. The first-order valence-corrected chi connectivity index (χ1v) is 7.21. The highest BCUT2D eigenvalue weighted by molar-refractivity contribution is 5.80. The normalized spacial score (nSPS) is 19.0. The number of amides is 1. The molecular weight excluding hydrogens is 278 g/mol. The lowest BCUT2D eigenvalue weighted by Gasteiger charge is -2.30. The van der Waals surface area contributed by atoms with Crippen molar-refractivity contribution in [3.8, 4) is 0 Å². The number of piperidine rings is 1. The van der Waals surface area contributed by atoms with E-state index in [-0.39, 0.29) is 17.6 Å². The average Bonchev–Trinajstić information content (AvgIpc) is 2.82. The lowest BCUT2D eigenvalue weighted by molar-refractivity contribution is -0.125. The van der Waals surface area contributed by atoms with Gasteiger partial charge in [0.25, 0.3) is 6.43 Å². The molecule has 0 aromatic carbocycles. The molecule has 0 radical (unpaired) electrons. The van der Waals surface area contributed by atoms with E-state index in [4.69, 9.17) is 0 Å². The molecule has 1 fully saturated rings. The summed E-state index contributed by atoms with van der Waals surface area (Å²) >= 11 is 0. The number of nitrogens with one attached hydrogen (secondary N) is 1. The Hall–Kier alpha value is -1.50. The Kier molecular flexibility index (Phi) is 4.92. The molecule has 5 nitrogen and oxygen atoms in total. The van der Waals surface area contributed by atoms with Gasteiger partial charge in [0.1, 0.15) is 11.7 Å². The second-order valence-corrected chi connectivity index (χ2v) is 5.72. The number of likely N-dealkylation sites (tertiary alicyclic amines) is 1. The lowest BCUT2D eigenvalue weighted by atomic mass is 10.1.